The van der Waals surface area contributed by atoms with Crippen LogP contribution < -0.4 is 9.96 Å². The van der Waals surface area contributed by atoms with E-state index in [9.17, 15) is 0 Å². The highest BCUT2D eigenvalue weighted by molar-refractivity contribution is 6.77. The van der Waals surface area contributed by atoms with E-state index in [-0.39, 0.29) is 11.1 Å². The van der Waals surface area contributed by atoms with Gasteiger partial charge in [-0.05, 0) is 127 Å². The van der Waals surface area contributed by atoms with E-state index in [2.05, 4.69) is 77.7 Å². The van der Waals surface area contributed by atoms with Crippen molar-refractivity contribution in [3.05, 3.63) is 0 Å². The van der Waals surface area contributed by atoms with E-state index in [0.29, 0.717) is 0 Å². The van der Waals surface area contributed by atoms with E-state index in [1.165, 1.54) is 38.5 Å². The number of nitrogens with one attached hydrogen (secondary N) is 2. The summed E-state index contributed by atoms with van der Waals surface area (Å²) in [5.41, 5.74) is 2.50. The fourth-order valence-corrected chi connectivity index (χ4v) is 19.8. The van der Waals surface area contributed by atoms with Gasteiger partial charge < -0.3 is 9.96 Å². The molecule has 0 amide bonds. The van der Waals surface area contributed by atoms with Gasteiger partial charge in [0, 0.05) is 11.1 Å². The molecule has 0 spiro atoms. The van der Waals surface area contributed by atoms with Crippen molar-refractivity contribution >= 4 is 16.5 Å². The molecule has 0 heterocycles. The molecule has 4 fully saturated rings. The van der Waals surface area contributed by atoms with Crippen LogP contribution in [0.2, 0.25) is 37.3 Å². The van der Waals surface area contributed by atoms with Gasteiger partial charge >= 0.3 is 0 Å². The van der Waals surface area contributed by atoms with E-state index in [1.807, 2.05) is 0 Å². The third-order valence-corrected chi connectivity index (χ3v) is 19.1. The lowest BCUT2D eigenvalue weighted by molar-refractivity contribution is 0.186. The lowest BCUT2D eigenvalue weighted by Gasteiger charge is -2.42. The number of hydrogen-bond acceptors (Lipinski definition) is 2. The molecule has 4 aliphatic carbocycles. The van der Waals surface area contributed by atoms with Crippen molar-refractivity contribution < 1.29 is 0 Å². The number of hydrogen-bond donors (Lipinski definition) is 2. The second-order valence-corrected chi connectivity index (χ2v) is 26.1. The maximum Gasteiger partial charge on any atom is 0.123 e. The van der Waals surface area contributed by atoms with E-state index < -0.39 is 16.5 Å². The largest absolute Gasteiger partial charge is 0.332 e. The van der Waals surface area contributed by atoms with E-state index in [0.717, 1.165) is 46.6 Å². The van der Waals surface area contributed by atoms with Gasteiger partial charge in [0.2, 0.25) is 0 Å². The summed E-state index contributed by atoms with van der Waals surface area (Å²) in [6.07, 6.45) is 18.4. The molecule has 0 aromatic heterocycles. The minimum atomic E-state index is -1.46. The minimum absolute atomic E-state index is 0.255. The molecule has 2 nitrogen and oxygen atoms in total. The fourth-order valence-electron chi connectivity index (χ4n) is 10.8. The molecule has 0 bridgehead atoms. The van der Waals surface area contributed by atoms with Gasteiger partial charge in [-0.1, -0.05) is 64.7 Å². The van der Waals surface area contributed by atoms with Crippen molar-refractivity contribution in [1.29, 1.82) is 0 Å². The summed E-state index contributed by atoms with van der Waals surface area (Å²) in [7, 11) is -2.91. The standard InChI is InChI=1S/C32H64N2Si2/c1-31(2,3)33-35(7,8)29-21-23(25-15-11-13-17-27(25)29)19-20-24-22-30(28-18-14-12-16-26(24)28)36(9,10)34-32(4,5)6/h23-30,33-34H,11-22H2,1-10H3. The average Bonchev–Trinajstić information content (AvgIpc) is 3.28. The van der Waals surface area contributed by atoms with Gasteiger partial charge in [-0.15, -0.1) is 0 Å². The zero-order chi connectivity index (χ0) is 26.5. The maximum atomic E-state index is 4.20. The third kappa shape index (κ3) is 6.73. The van der Waals surface area contributed by atoms with E-state index >= 15 is 0 Å². The van der Waals surface area contributed by atoms with Crippen LogP contribution in [-0.2, 0) is 0 Å². The molecule has 4 saturated carbocycles. The normalized spacial score (nSPS) is 38.2. The van der Waals surface area contributed by atoms with Crippen LogP contribution in [0, 0.1) is 35.5 Å². The molecule has 210 valence electrons. The first-order chi connectivity index (χ1) is 16.6. The predicted molar refractivity (Wildman–Crippen MR) is 165 cm³/mol. The molecule has 8 atom stereocenters. The number of fused-ring (bicyclic) bond motifs is 2. The highest BCUT2D eigenvalue weighted by Crippen LogP contribution is 2.60. The molecule has 4 heteroatoms. The molecular weight excluding hydrogens is 469 g/mol. The molecule has 0 aromatic carbocycles. The SMILES string of the molecule is CC(C)(C)N[Si](C)(C)C1CC(CCC2CC([Si](C)(C)NC(C)(C)C)C3CCCCC23)C2CCCCC21. The lowest BCUT2D eigenvalue weighted by Crippen LogP contribution is -2.58. The Hall–Kier alpha value is 0.354. The van der Waals surface area contributed by atoms with Crippen molar-refractivity contribution in [3.8, 4) is 0 Å². The van der Waals surface area contributed by atoms with Crippen LogP contribution in [0.4, 0.5) is 0 Å². The van der Waals surface area contributed by atoms with Gasteiger partial charge in [0.05, 0.1) is 0 Å². The topological polar surface area (TPSA) is 24.1 Å². The first-order valence-corrected chi connectivity index (χ1v) is 22.3. The zero-order valence-corrected chi connectivity index (χ0v) is 28.1. The maximum absolute atomic E-state index is 4.20. The van der Waals surface area contributed by atoms with Crippen molar-refractivity contribution in [1.82, 2.24) is 9.96 Å². The van der Waals surface area contributed by atoms with Gasteiger partial charge in [-0.3, -0.25) is 0 Å². The van der Waals surface area contributed by atoms with Crippen molar-refractivity contribution in [2.24, 2.45) is 35.5 Å². The van der Waals surface area contributed by atoms with Crippen LogP contribution in [-0.4, -0.2) is 27.5 Å². The smallest absolute Gasteiger partial charge is 0.123 e. The van der Waals surface area contributed by atoms with Crippen LogP contribution in [0.5, 0.6) is 0 Å². The Bertz CT molecular complexity index is 671. The first-order valence-electron chi connectivity index (χ1n) is 16.2. The Balaban J connectivity index is 1.45. The summed E-state index contributed by atoms with van der Waals surface area (Å²) in [4.78, 5) is 8.41. The number of rotatable bonds is 7. The molecular formula is C32H64N2Si2. The molecule has 2 N–H and O–H groups in total. The molecule has 8 unspecified atom stereocenters. The summed E-state index contributed by atoms with van der Waals surface area (Å²) in [5.74, 6) is 6.19. The van der Waals surface area contributed by atoms with Crippen LogP contribution in [0.25, 0.3) is 0 Å². The van der Waals surface area contributed by atoms with Crippen LogP contribution in [0.1, 0.15) is 119 Å². The highest BCUT2D eigenvalue weighted by Gasteiger charge is 2.53. The Morgan fingerprint density at radius 1 is 0.528 bits per heavy atom. The van der Waals surface area contributed by atoms with E-state index in [4.69, 9.17) is 0 Å². The van der Waals surface area contributed by atoms with Gasteiger partial charge in [-0.2, -0.15) is 0 Å². The Morgan fingerprint density at radius 3 is 1.14 bits per heavy atom. The summed E-state index contributed by atoms with van der Waals surface area (Å²) in [6, 6.07) is 0. The van der Waals surface area contributed by atoms with Crippen molar-refractivity contribution in [2.45, 2.75) is 167 Å². The third-order valence-electron chi connectivity index (χ3n) is 11.3. The molecule has 0 saturated heterocycles. The van der Waals surface area contributed by atoms with Crippen LogP contribution in [0.15, 0.2) is 0 Å². The Morgan fingerprint density at radius 2 is 0.833 bits per heavy atom. The monoisotopic (exact) mass is 532 g/mol. The van der Waals surface area contributed by atoms with Gasteiger partial charge in [-0.25, -0.2) is 0 Å². The predicted octanol–water partition coefficient (Wildman–Crippen LogP) is 9.35. The molecule has 0 radical (unpaired) electrons. The summed E-state index contributed by atoms with van der Waals surface area (Å²) in [5, 5.41) is 0. The van der Waals surface area contributed by atoms with Crippen LogP contribution >= 0.6 is 0 Å². The Labute approximate surface area is 228 Å². The lowest BCUT2D eigenvalue weighted by atomic mass is 9.73. The molecule has 4 aliphatic rings. The molecule has 0 aliphatic heterocycles. The first kappa shape index (κ1) is 29.3. The molecule has 4 rings (SSSR count). The highest BCUT2D eigenvalue weighted by atomic mass is 28.3. The average molecular weight is 533 g/mol. The van der Waals surface area contributed by atoms with Gasteiger partial charge in [0.15, 0.2) is 0 Å². The van der Waals surface area contributed by atoms with E-state index in [1.54, 1.807) is 38.5 Å². The zero-order valence-electron chi connectivity index (χ0n) is 26.1. The van der Waals surface area contributed by atoms with Crippen LogP contribution in [0.3, 0.4) is 0 Å². The molecule has 36 heavy (non-hydrogen) atoms. The quantitative estimate of drug-likeness (QED) is 0.319. The minimum Gasteiger partial charge on any atom is -0.332 e. The fraction of sp³-hybridized carbons (Fsp3) is 1.00. The van der Waals surface area contributed by atoms with Crippen molar-refractivity contribution in [2.75, 3.05) is 0 Å². The van der Waals surface area contributed by atoms with Gasteiger partial charge in [0.25, 0.3) is 0 Å². The van der Waals surface area contributed by atoms with Crippen molar-refractivity contribution in [3.63, 3.8) is 0 Å². The summed E-state index contributed by atoms with van der Waals surface area (Å²) >= 11 is 0. The van der Waals surface area contributed by atoms with Gasteiger partial charge in [0.1, 0.15) is 16.5 Å². The molecule has 0 aromatic rings. The summed E-state index contributed by atoms with van der Waals surface area (Å²) in [6.45, 7) is 25.0. The second kappa shape index (κ2) is 10.7. The second-order valence-electron chi connectivity index (χ2n) is 17.2. The Kier molecular flexibility index (Phi) is 8.75. The summed E-state index contributed by atoms with van der Waals surface area (Å²) < 4.78 is 0.